The number of ether oxygens (including phenoxy) is 1. The molecule has 0 radical (unpaired) electrons. The Morgan fingerprint density at radius 2 is 2.07 bits per heavy atom. The van der Waals surface area contributed by atoms with Gasteiger partial charge in [0.05, 0.1) is 17.2 Å². The first-order valence-electron chi connectivity index (χ1n) is 4.42. The van der Waals surface area contributed by atoms with E-state index in [0.29, 0.717) is 12.4 Å². The van der Waals surface area contributed by atoms with E-state index in [4.69, 9.17) is 33.0 Å². The zero-order valence-corrected chi connectivity index (χ0v) is 9.60. The van der Waals surface area contributed by atoms with Crippen molar-refractivity contribution in [1.29, 1.82) is 0 Å². The summed E-state index contributed by atoms with van der Waals surface area (Å²) in [6.45, 7) is 2.48. The first-order chi connectivity index (χ1) is 7.07. The quantitative estimate of drug-likeness (QED) is 0.888. The minimum Gasteiger partial charge on any atom is -0.492 e. The van der Waals surface area contributed by atoms with Crippen LogP contribution in [0.3, 0.4) is 0 Å². The molecule has 0 fully saturated rings. The third kappa shape index (κ3) is 2.76. The number of hydrogen-bond acceptors (Lipinski definition) is 2. The molecule has 0 aliphatic rings. The Balaban J connectivity index is 3.04. The lowest BCUT2D eigenvalue weighted by Crippen LogP contribution is -2.00. The highest BCUT2D eigenvalue weighted by Crippen LogP contribution is 2.34. The maximum Gasteiger partial charge on any atom is 0.337 e. The molecule has 0 amide bonds. The van der Waals surface area contributed by atoms with E-state index < -0.39 is 5.97 Å². The number of carboxylic acid groups (broad SMARTS) is 1. The van der Waals surface area contributed by atoms with Crippen LogP contribution in [0.1, 0.15) is 23.7 Å². The van der Waals surface area contributed by atoms with Crippen molar-refractivity contribution in [3.05, 3.63) is 27.7 Å². The third-order valence-corrected chi connectivity index (χ3v) is 2.60. The van der Waals surface area contributed by atoms with Crippen LogP contribution in [0.2, 0.25) is 10.0 Å². The summed E-state index contributed by atoms with van der Waals surface area (Å²) in [6, 6.07) is 2.88. The van der Waals surface area contributed by atoms with Gasteiger partial charge in [-0.2, -0.15) is 0 Å². The van der Waals surface area contributed by atoms with Crippen molar-refractivity contribution in [2.45, 2.75) is 13.3 Å². The maximum atomic E-state index is 10.7. The number of carboxylic acids is 1. The fourth-order valence-electron chi connectivity index (χ4n) is 1.02. The summed E-state index contributed by atoms with van der Waals surface area (Å²) >= 11 is 11.6. The topological polar surface area (TPSA) is 46.5 Å². The molecule has 1 N–H and O–H groups in total. The highest BCUT2D eigenvalue weighted by atomic mass is 35.5. The molecule has 0 heterocycles. The van der Waals surface area contributed by atoms with Gasteiger partial charge in [-0.3, -0.25) is 0 Å². The van der Waals surface area contributed by atoms with Gasteiger partial charge in [0, 0.05) is 0 Å². The van der Waals surface area contributed by atoms with Crippen LogP contribution in [0.15, 0.2) is 12.1 Å². The molecule has 0 bridgehead atoms. The van der Waals surface area contributed by atoms with Crippen LogP contribution in [-0.4, -0.2) is 17.7 Å². The molecule has 0 unspecified atom stereocenters. The van der Waals surface area contributed by atoms with Gasteiger partial charge in [0.15, 0.2) is 0 Å². The smallest absolute Gasteiger partial charge is 0.337 e. The number of aromatic carboxylic acids is 1. The lowest BCUT2D eigenvalue weighted by atomic mass is 10.2. The maximum absolute atomic E-state index is 10.7. The monoisotopic (exact) mass is 248 g/mol. The fraction of sp³-hybridized carbons (Fsp3) is 0.300. The van der Waals surface area contributed by atoms with E-state index in [1.807, 2.05) is 6.92 Å². The second-order valence-electron chi connectivity index (χ2n) is 2.89. The van der Waals surface area contributed by atoms with Crippen LogP contribution in [0.4, 0.5) is 0 Å². The predicted molar refractivity (Wildman–Crippen MR) is 59.2 cm³/mol. The minimum absolute atomic E-state index is 0.0118. The molecule has 1 aromatic rings. The van der Waals surface area contributed by atoms with Crippen molar-refractivity contribution in [3.63, 3.8) is 0 Å². The summed E-state index contributed by atoms with van der Waals surface area (Å²) in [5.41, 5.74) is -0.0227. The van der Waals surface area contributed by atoms with E-state index in [1.54, 1.807) is 0 Å². The van der Waals surface area contributed by atoms with Crippen molar-refractivity contribution in [2.24, 2.45) is 0 Å². The Hall–Kier alpha value is -0.930. The van der Waals surface area contributed by atoms with Gasteiger partial charge in [0.2, 0.25) is 0 Å². The van der Waals surface area contributed by atoms with Gasteiger partial charge in [-0.1, -0.05) is 30.1 Å². The lowest BCUT2D eigenvalue weighted by Gasteiger charge is -2.09. The Morgan fingerprint density at radius 1 is 1.40 bits per heavy atom. The Labute approximate surface area is 97.6 Å². The molecule has 1 rings (SSSR count). The largest absolute Gasteiger partial charge is 0.492 e. The number of halogens is 2. The molecule has 1 aromatic carbocycles. The molecule has 82 valence electrons. The van der Waals surface area contributed by atoms with Crippen LogP contribution >= 0.6 is 23.2 Å². The van der Waals surface area contributed by atoms with Gasteiger partial charge in [-0.25, -0.2) is 4.79 Å². The van der Waals surface area contributed by atoms with Gasteiger partial charge in [-0.15, -0.1) is 0 Å². The number of hydrogen-bond donors (Lipinski definition) is 1. The van der Waals surface area contributed by atoms with E-state index in [-0.39, 0.29) is 15.6 Å². The summed E-state index contributed by atoms with van der Waals surface area (Å²) in [6.07, 6.45) is 0.842. The first-order valence-corrected chi connectivity index (χ1v) is 5.17. The van der Waals surface area contributed by atoms with Gasteiger partial charge >= 0.3 is 5.97 Å². The highest BCUT2D eigenvalue weighted by molar-refractivity contribution is 6.44. The molecule has 0 aliphatic heterocycles. The average molecular weight is 249 g/mol. The molecule has 0 spiro atoms. The normalized spacial score (nSPS) is 10.1. The summed E-state index contributed by atoms with van der Waals surface area (Å²) in [5.74, 6) is -0.697. The van der Waals surface area contributed by atoms with Gasteiger partial charge in [0.25, 0.3) is 0 Å². The predicted octanol–water partition coefficient (Wildman–Crippen LogP) is 3.48. The standard InChI is InChI=1S/C10H10Cl2O3/c1-2-5-15-7-4-3-6(10(13)14)8(11)9(7)12/h3-4H,2,5H2,1H3,(H,13,14). The number of carbonyl (C=O) groups is 1. The minimum atomic E-state index is -1.11. The van der Waals surface area contributed by atoms with Crippen molar-refractivity contribution in [2.75, 3.05) is 6.61 Å². The number of rotatable bonds is 4. The highest BCUT2D eigenvalue weighted by Gasteiger charge is 2.15. The second-order valence-corrected chi connectivity index (χ2v) is 3.65. The Kier molecular flexibility index (Phi) is 4.24. The molecular formula is C10H10Cl2O3. The zero-order chi connectivity index (χ0) is 11.4. The Morgan fingerprint density at radius 3 is 2.60 bits per heavy atom. The van der Waals surface area contributed by atoms with E-state index in [0.717, 1.165) is 6.42 Å². The molecule has 5 heteroatoms. The van der Waals surface area contributed by atoms with Gasteiger partial charge in [0.1, 0.15) is 10.8 Å². The third-order valence-electron chi connectivity index (χ3n) is 1.74. The zero-order valence-electron chi connectivity index (χ0n) is 8.09. The second kappa shape index (κ2) is 5.24. The SMILES string of the molecule is CCCOc1ccc(C(=O)O)c(Cl)c1Cl. The van der Waals surface area contributed by atoms with Crippen LogP contribution < -0.4 is 4.74 Å². The van der Waals surface area contributed by atoms with E-state index in [2.05, 4.69) is 0 Å². The van der Waals surface area contributed by atoms with Crippen molar-refractivity contribution in [3.8, 4) is 5.75 Å². The molecular weight excluding hydrogens is 239 g/mol. The number of benzene rings is 1. The summed E-state index contributed by atoms with van der Waals surface area (Å²) in [5, 5.41) is 8.93. The molecule has 3 nitrogen and oxygen atoms in total. The summed E-state index contributed by atoms with van der Waals surface area (Å²) in [4.78, 5) is 10.7. The molecule has 0 aliphatic carbocycles. The van der Waals surface area contributed by atoms with E-state index in [9.17, 15) is 4.79 Å². The average Bonchev–Trinajstić information content (AvgIpc) is 2.20. The lowest BCUT2D eigenvalue weighted by molar-refractivity contribution is 0.0697. The van der Waals surface area contributed by atoms with Crippen LogP contribution in [0.5, 0.6) is 5.75 Å². The van der Waals surface area contributed by atoms with Gasteiger partial charge < -0.3 is 9.84 Å². The first kappa shape index (κ1) is 12.1. The molecule has 0 saturated heterocycles. The van der Waals surface area contributed by atoms with Crippen LogP contribution in [-0.2, 0) is 0 Å². The summed E-state index contributed by atoms with van der Waals surface area (Å²) in [7, 11) is 0. The van der Waals surface area contributed by atoms with E-state index in [1.165, 1.54) is 12.1 Å². The van der Waals surface area contributed by atoms with Crippen LogP contribution in [0, 0.1) is 0 Å². The van der Waals surface area contributed by atoms with Crippen molar-refractivity contribution < 1.29 is 14.6 Å². The molecule has 0 saturated carbocycles. The summed E-state index contributed by atoms with van der Waals surface area (Å²) < 4.78 is 5.29. The fourth-order valence-corrected chi connectivity index (χ4v) is 1.48. The van der Waals surface area contributed by atoms with Crippen molar-refractivity contribution >= 4 is 29.2 Å². The van der Waals surface area contributed by atoms with Crippen LogP contribution in [0.25, 0.3) is 0 Å². The molecule has 0 atom stereocenters. The van der Waals surface area contributed by atoms with Gasteiger partial charge in [-0.05, 0) is 18.6 Å². The van der Waals surface area contributed by atoms with Crippen molar-refractivity contribution in [1.82, 2.24) is 0 Å². The molecule has 0 aromatic heterocycles. The molecule has 15 heavy (non-hydrogen) atoms. The van der Waals surface area contributed by atoms with E-state index >= 15 is 0 Å². The Bertz CT molecular complexity index is 377.